The number of aliphatic hydroxyl groups is 1. The number of aliphatic hydroxyl groups excluding tert-OH is 1. The Kier molecular flexibility index (Phi) is 18.0. The molecule has 0 aromatic carbocycles. The Hall–Kier alpha value is -1.10. The van der Waals surface area contributed by atoms with Crippen molar-refractivity contribution in [3.8, 4) is 0 Å². The first-order valence-corrected chi connectivity index (χ1v) is 7.09. The van der Waals surface area contributed by atoms with Crippen molar-refractivity contribution >= 4 is 11.9 Å². The Balaban J connectivity index is 0. The highest BCUT2D eigenvalue weighted by molar-refractivity contribution is 5.66. The minimum Gasteiger partial charge on any atom is -0.481 e. The average molecular weight is 276 g/mol. The fraction of sp³-hybridized carbons (Fsp3) is 0.857. The molecule has 0 aliphatic heterocycles. The summed E-state index contributed by atoms with van der Waals surface area (Å²) in [6.07, 6.45) is 7.86. The molecule has 0 fully saturated rings. The molecule has 0 heterocycles. The molecule has 114 valence electrons. The summed E-state index contributed by atoms with van der Waals surface area (Å²) in [5.41, 5.74) is 0. The van der Waals surface area contributed by atoms with Crippen molar-refractivity contribution in [2.45, 2.75) is 71.1 Å². The lowest BCUT2D eigenvalue weighted by Gasteiger charge is -1.98. The van der Waals surface area contributed by atoms with Gasteiger partial charge in [0.15, 0.2) is 0 Å². The molecule has 0 saturated carbocycles. The zero-order valence-electron chi connectivity index (χ0n) is 11.9. The summed E-state index contributed by atoms with van der Waals surface area (Å²) >= 11 is 0. The maximum atomic E-state index is 10.1. The molecule has 0 spiro atoms. The van der Waals surface area contributed by atoms with E-state index < -0.39 is 11.9 Å². The monoisotopic (exact) mass is 276 g/mol. The van der Waals surface area contributed by atoms with Crippen LogP contribution in [-0.4, -0.2) is 33.9 Å². The Morgan fingerprint density at radius 2 is 1.11 bits per heavy atom. The van der Waals surface area contributed by atoms with Crippen molar-refractivity contribution in [1.82, 2.24) is 0 Å². The molecule has 0 radical (unpaired) electrons. The second-order valence-electron chi connectivity index (χ2n) is 4.49. The smallest absolute Gasteiger partial charge is 0.303 e. The van der Waals surface area contributed by atoms with Crippen LogP contribution in [0.15, 0.2) is 0 Å². The van der Waals surface area contributed by atoms with E-state index in [9.17, 15) is 9.59 Å². The molecule has 0 aromatic rings. The van der Waals surface area contributed by atoms with Gasteiger partial charge in [-0.2, -0.15) is 0 Å². The first kappa shape index (κ1) is 20.2. The van der Waals surface area contributed by atoms with E-state index in [0.29, 0.717) is 6.61 Å². The van der Waals surface area contributed by atoms with Crippen LogP contribution in [0.4, 0.5) is 0 Å². The van der Waals surface area contributed by atoms with Crippen molar-refractivity contribution in [2.24, 2.45) is 0 Å². The predicted molar refractivity (Wildman–Crippen MR) is 74.2 cm³/mol. The van der Waals surface area contributed by atoms with Gasteiger partial charge >= 0.3 is 11.9 Å². The summed E-state index contributed by atoms with van der Waals surface area (Å²) in [5, 5.41) is 24.8. The lowest BCUT2D eigenvalue weighted by Crippen LogP contribution is -1.94. The SMILES string of the molecule is CCCCO.O=C(O)CCCCCCCCC(=O)O. The average Bonchev–Trinajstić information content (AvgIpc) is 2.33. The van der Waals surface area contributed by atoms with E-state index in [1.807, 2.05) is 0 Å². The highest BCUT2D eigenvalue weighted by atomic mass is 16.4. The van der Waals surface area contributed by atoms with Gasteiger partial charge in [-0.05, 0) is 19.3 Å². The van der Waals surface area contributed by atoms with Crippen LogP contribution in [0.5, 0.6) is 0 Å². The van der Waals surface area contributed by atoms with Crippen molar-refractivity contribution in [3.63, 3.8) is 0 Å². The van der Waals surface area contributed by atoms with Gasteiger partial charge in [0.2, 0.25) is 0 Å². The molecule has 0 rings (SSSR count). The van der Waals surface area contributed by atoms with E-state index in [0.717, 1.165) is 51.4 Å². The van der Waals surface area contributed by atoms with Crippen LogP contribution >= 0.6 is 0 Å². The summed E-state index contributed by atoms with van der Waals surface area (Å²) in [5.74, 6) is -1.48. The molecule has 0 aliphatic rings. The molecular formula is C14H28O5. The lowest BCUT2D eigenvalue weighted by atomic mass is 10.1. The van der Waals surface area contributed by atoms with E-state index in [4.69, 9.17) is 15.3 Å². The fourth-order valence-corrected chi connectivity index (χ4v) is 1.42. The van der Waals surface area contributed by atoms with Crippen LogP contribution in [-0.2, 0) is 9.59 Å². The van der Waals surface area contributed by atoms with Crippen LogP contribution in [0.3, 0.4) is 0 Å². The molecule has 0 aromatic heterocycles. The second-order valence-corrected chi connectivity index (χ2v) is 4.49. The second kappa shape index (κ2) is 16.9. The van der Waals surface area contributed by atoms with Crippen molar-refractivity contribution in [2.75, 3.05) is 6.61 Å². The number of carboxylic acid groups (broad SMARTS) is 2. The van der Waals surface area contributed by atoms with Gasteiger partial charge in [0.05, 0.1) is 0 Å². The van der Waals surface area contributed by atoms with Crippen LogP contribution < -0.4 is 0 Å². The van der Waals surface area contributed by atoms with E-state index >= 15 is 0 Å². The number of hydrogen-bond donors (Lipinski definition) is 3. The molecule has 0 aliphatic carbocycles. The number of carboxylic acids is 2. The van der Waals surface area contributed by atoms with E-state index in [1.165, 1.54) is 0 Å². The number of carbonyl (C=O) groups is 2. The first-order valence-electron chi connectivity index (χ1n) is 7.09. The maximum absolute atomic E-state index is 10.1. The quantitative estimate of drug-likeness (QED) is 0.504. The Morgan fingerprint density at radius 3 is 1.32 bits per heavy atom. The molecule has 0 amide bonds. The van der Waals surface area contributed by atoms with Gasteiger partial charge in [0.25, 0.3) is 0 Å². The summed E-state index contributed by atoms with van der Waals surface area (Å²) in [6.45, 7) is 2.40. The van der Waals surface area contributed by atoms with Gasteiger partial charge in [0.1, 0.15) is 0 Å². The summed E-state index contributed by atoms with van der Waals surface area (Å²) in [6, 6.07) is 0. The predicted octanol–water partition coefficient (Wildman–Crippen LogP) is 3.06. The Bertz CT molecular complexity index is 194. The van der Waals surface area contributed by atoms with Gasteiger partial charge in [-0.3, -0.25) is 9.59 Å². The summed E-state index contributed by atoms with van der Waals surface area (Å²) < 4.78 is 0. The lowest BCUT2D eigenvalue weighted by molar-refractivity contribution is -0.138. The minimum atomic E-state index is -0.740. The molecule has 5 heteroatoms. The largest absolute Gasteiger partial charge is 0.481 e. The highest BCUT2D eigenvalue weighted by Gasteiger charge is 1.98. The maximum Gasteiger partial charge on any atom is 0.303 e. The molecule has 19 heavy (non-hydrogen) atoms. The third kappa shape index (κ3) is 26.5. The Labute approximate surface area is 115 Å². The summed E-state index contributed by atoms with van der Waals surface area (Å²) in [4.78, 5) is 20.3. The zero-order chi connectivity index (χ0) is 14.9. The molecule has 5 nitrogen and oxygen atoms in total. The van der Waals surface area contributed by atoms with Gasteiger partial charge in [-0.1, -0.05) is 39.0 Å². The van der Waals surface area contributed by atoms with Crippen LogP contribution in [0.25, 0.3) is 0 Å². The van der Waals surface area contributed by atoms with Crippen LogP contribution in [0.1, 0.15) is 71.1 Å². The standard InChI is InChI=1S/C10H18O4.C4H10O/c11-9(12)7-5-3-1-2-4-6-8-10(13)14;1-2-3-4-5/h1-8H2,(H,11,12)(H,13,14);5H,2-4H2,1H3. The molecule has 0 bridgehead atoms. The van der Waals surface area contributed by atoms with E-state index in [2.05, 4.69) is 6.92 Å². The number of aliphatic carboxylic acids is 2. The number of unbranched alkanes of at least 4 members (excludes halogenated alkanes) is 6. The highest BCUT2D eigenvalue weighted by Crippen LogP contribution is 2.08. The zero-order valence-corrected chi connectivity index (χ0v) is 11.9. The molecule has 0 unspecified atom stereocenters. The fourth-order valence-electron chi connectivity index (χ4n) is 1.42. The number of hydrogen-bond acceptors (Lipinski definition) is 3. The topological polar surface area (TPSA) is 94.8 Å². The molecule has 0 atom stereocenters. The Morgan fingerprint density at radius 1 is 0.737 bits per heavy atom. The van der Waals surface area contributed by atoms with Gasteiger partial charge in [0, 0.05) is 19.4 Å². The minimum absolute atomic E-state index is 0.245. The van der Waals surface area contributed by atoms with Crippen molar-refractivity contribution in [1.29, 1.82) is 0 Å². The van der Waals surface area contributed by atoms with Crippen molar-refractivity contribution in [3.05, 3.63) is 0 Å². The van der Waals surface area contributed by atoms with Crippen LogP contribution in [0.2, 0.25) is 0 Å². The third-order valence-corrected chi connectivity index (χ3v) is 2.54. The van der Waals surface area contributed by atoms with Crippen molar-refractivity contribution < 1.29 is 24.9 Å². The van der Waals surface area contributed by atoms with E-state index in [1.54, 1.807) is 0 Å². The van der Waals surface area contributed by atoms with Gasteiger partial charge in [-0.25, -0.2) is 0 Å². The van der Waals surface area contributed by atoms with Gasteiger partial charge in [-0.15, -0.1) is 0 Å². The first-order chi connectivity index (χ1) is 9.04. The van der Waals surface area contributed by atoms with Gasteiger partial charge < -0.3 is 15.3 Å². The van der Waals surface area contributed by atoms with E-state index in [-0.39, 0.29) is 12.8 Å². The molecule has 3 N–H and O–H groups in total. The number of rotatable bonds is 11. The van der Waals surface area contributed by atoms with Crippen LogP contribution in [0, 0.1) is 0 Å². The molecule has 0 saturated heterocycles. The third-order valence-electron chi connectivity index (χ3n) is 2.54. The normalized spacial score (nSPS) is 9.58. The molecular weight excluding hydrogens is 248 g/mol. The summed E-state index contributed by atoms with van der Waals surface area (Å²) in [7, 11) is 0.